The second-order valence-corrected chi connectivity index (χ2v) is 6.53. The number of carbonyl (C=O) groups is 2. The van der Waals surface area contributed by atoms with E-state index in [0.29, 0.717) is 15.6 Å². The van der Waals surface area contributed by atoms with Crippen LogP contribution in [0.15, 0.2) is 18.2 Å². The molecule has 0 aliphatic carbocycles. The molecule has 1 heterocycles. The van der Waals surface area contributed by atoms with Crippen LogP contribution in [0.4, 0.5) is 13.2 Å². The molecule has 1 atom stereocenters. The largest absolute Gasteiger partial charge is 0.481 e. The van der Waals surface area contributed by atoms with Gasteiger partial charge in [0.15, 0.2) is 5.41 Å². The monoisotopic (exact) mass is 383 g/mol. The van der Waals surface area contributed by atoms with E-state index < -0.39 is 36.4 Å². The van der Waals surface area contributed by atoms with Gasteiger partial charge in [-0.05, 0) is 30.5 Å². The number of hydrogen-bond acceptors (Lipinski definition) is 2. The summed E-state index contributed by atoms with van der Waals surface area (Å²) in [7, 11) is 0. The number of carboxylic acids is 1. The molecule has 1 fully saturated rings. The molecule has 0 saturated carbocycles. The number of aliphatic carboxylic acids is 1. The maximum absolute atomic E-state index is 13.1. The number of rotatable bonds is 4. The van der Waals surface area contributed by atoms with Crippen LogP contribution in [0.1, 0.15) is 18.4 Å². The van der Waals surface area contributed by atoms with Crippen molar-refractivity contribution in [1.82, 2.24) is 4.90 Å². The second kappa shape index (κ2) is 6.80. The van der Waals surface area contributed by atoms with Crippen molar-refractivity contribution in [3.63, 3.8) is 0 Å². The van der Waals surface area contributed by atoms with E-state index in [1.807, 2.05) is 0 Å². The maximum Gasteiger partial charge on any atom is 0.406 e. The Balaban J connectivity index is 2.03. The highest BCUT2D eigenvalue weighted by Crippen LogP contribution is 2.45. The molecule has 0 spiro atoms. The van der Waals surface area contributed by atoms with Crippen molar-refractivity contribution in [2.45, 2.75) is 25.4 Å². The molecule has 1 aliphatic heterocycles. The van der Waals surface area contributed by atoms with Crippen LogP contribution in [-0.4, -0.2) is 41.1 Å². The van der Waals surface area contributed by atoms with E-state index in [1.165, 1.54) is 6.07 Å². The fourth-order valence-electron chi connectivity index (χ4n) is 2.67. The van der Waals surface area contributed by atoms with Gasteiger partial charge in [-0.3, -0.25) is 9.59 Å². The van der Waals surface area contributed by atoms with Crippen molar-refractivity contribution < 1.29 is 27.9 Å². The molecule has 1 unspecified atom stereocenters. The lowest BCUT2D eigenvalue weighted by Gasteiger charge is -2.27. The Morgan fingerprint density at radius 2 is 1.96 bits per heavy atom. The number of carbonyl (C=O) groups excluding carboxylic acids is 1. The third-order valence-corrected chi connectivity index (χ3v) is 4.78. The molecular formula is C15H14Cl2F3NO3. The molecule has 132 valence electrons. The van der Waals surface area contributed by atoms with Crippen molar-refractivity contribution >= 4 is 35.1 Å². The first-order valence-corrected chi connectivity index (χ1v) is 7.84. The lowest BCUT2D eigenvalue weighted by Crippen LogP contribution is -2.47. The molecule has 24 heavy (non-hydrogen) atoms. The van der Waals surface area contributed by atoms with Gasteiger partial charge in [-0.2, -0.15) is 13.2 Å². The molecule has 2 rings (SSSR count). The molecule has 0 bridgehead atoms. The third-order valence-electron chi connectivity index (χ3n) is 4.20. The number of likely N-dealkylation sites (tertiary alicyclic amines) is 1. The molecule has 1 N–H and O–H groups in total. The summed E-state index contributed by atoms with van der Waals surface area (Å²) in [6.07, 6.45) is -5.38. The van der Waals surface area contributed by atoms with E-state index in [2.05, 4.69) is 0 Å². The topological polar surface area (TPSA) is 57.6 Å². The Morgan fingerprint density at radius 3 is 2.46 bits per heavy atom. The Bertz CT molecular complexity index is 666. The number of aryl methyl sites for hydroxylation is 1. The minimum Gasteiger partial charge on any atom is -0.481 e. The zero-order valence-corrected chi connectivity index (χ0v) is 13.9. The van der Waals surface area contributed by atoms with Crippen LogP contribution in [0, 0.1) is 5.41 Å². The zero-order chi connectivity index (χ0) is 18.1. The lowest BCUT2D eigenvalue weighted by molar-refractivity contribution is -0.227. The van der Waals surface area contributed by atoms with Gasteiger partial charge >= 0.3 is 12.1 Å². The van der Waals surface area contributed by atoms with Crippen LogP contribution in [0.5, 0.6) is 0 Å². The van der Waals surface area contributed by atoms with Crippen LogP contribution in [0.3, 0.4) is 0 Å². The van der Waals surface area contributed by atoms with Gasteiger partial charge in [0.25, 0.3) is 0 Å². The van der Waals surface area contributed by atoms with Crippen LogP contribution >= 0.6 is 23.2 Å². The standard InChI is InChI=1S/C15H14Cl2F3NO3/c16-10-3-1-9(11(17)7-10)2-4-12(22)21-6-5-14(8-21,13(23)24)15(18,19)20/h1,3,7H,2,4-6,8H2,(H,23,24). The Hall–Kier alpha value is -1.47. The summed E-state index contributed by atoms with van der Waals surface area (Å²) in [5.41, 5.74) is -2.24. The predicted octanol–water partition coefficient (Wildman–Crippen LogP) is 3.79. The fourth-order valence-corrected chi connectivity index (χ4v) is 3.18. The van der Waals surface area contributed by atoms with Crippen molar-refractivity contribution in [3.05, 3.63) is 33.8 Å². The first kappa shape index (κ1) is 18.9. The molecule has 1 aromatic rings. The number of nitrogens with zero attached hydrogens (tertiary/aromatic N) is 1. The van der Waals surface area contributed by atoms with E-state index in [1.54, 1.807) is 12.1 Å². The van der Waals surface area contributed by atoms with Crippen molar-refractivity contribution in [3.8, 4) is 0 Å². The zero-order valence-electron chi connectivity index (χ0n) is 12.4. The van der Waals surface area contributed by atoms with Crippen LogP contribution in [-0.2, 0) is 16.0 Å². The molecule has 4 nitrogen and oxygen atoms in total. The van der Waals surface area contributed by atoms with E-state index in [-0.39, 0.29) is 19.4 Å². The van der Waals surface area contributed by atoms with Crippen LogP contribution in [0.25, 0.3) is 0 Å². The van der Waals surface area contributed by atoms with E-state index in [4.69, 9.17) is 28.3 Å². The summed E-state index contributed by atoms with van der Waals surface area (Å²) in [6, 6.07) is 4.75. The van der Waals surface area contributed by atoms with Crippen molar-refractivity contribution in [2.75, 3.05) is 13.1 Å². The highest BCUT2D eigenvalue weighted by atomic mass is 35.5. The molecule has 1 aromatic carbocycles. The summed E-state index contributed by atoms with van der Waals surface area (Å²) in [5.74, 6) is -2.49. The normalized spacial score (nSPS) is 21.1. The number of benzene rings is 1. The average Bonchev–Trinajstić information content (AvgIpc) is 2.92. The molecule has 1 saturated heterocycles. The van der Waals surface area contributed by atoms with E-state index >= 15 is 0 Å². The lowest BCUT2D eigenvalue weighted by atomic mass is 9.86. The summed E-state index contributed by atoms with van der Waals surface area (Å²) in [4.78, 5) is 24.2. The first-order chi connectivity index (χ1) is 11.1. The van der Waals surface area contributed by atoms with Crippen LogP contribution < -0.4 is 0 Å². The van der Waals surface area contributed by atoms with Gasteiger partial charge in [0.1, 0.15) is 0 Å². The van der Waals surface area contributed by atoms with E-state index in [0.717, 1.165) is 4.90 Å². The number of amides is 1. The number of hydrogen-bond donors (Lipinski definition) is 1. The molecule has 9 heteroatoms. The summed E-state index contributed by atoms with van der Waals surface area (Å²) in [5, 5.41) is 9.78. The first-order valence-electron chi connectivity index (χ1n) is 7.09. The molecule has 1 aliphatic rings. The molecule has 0 aromatic heterocycles. The Morgan fingerprint density at radius 1 is 1.29 bits per heavy atom. The summed E-state index contributed by atoms with van der Waals surface area (Å²) >= 11 is 11.7. The molecule has 1 amide bonds. The maximum atomic E-state index is 13.1. The van der Waals surface area contributed by atoms with E-state index in [9.17, 15) is 22.8 Å². The van der Waals surface area contributed by atoms with Crippen LogP contribution in [0.2, 0.25) is 10.0 Å². The molecular weight excluding hydrogens is 370 g/mol. The second-order valence-electron chi connectivity index (χ2n) is 5.69. The quantitative estimate of drug-likeness (QED) is 0.860. The number of halogens is 5. The van der Waals surface area contributed by atoms with Gasteiger partial charge < -0.3 is 10.0 Å². The average molecular weight is 384 g/mol. The van der Waals surface area contributed by atoms with Gasteiger partial charge in [-0.15, -0.1) is 0 Å². The third kappa shape index (κ3) is 3.62. The highest BCUT2D eigenvalue weighted by Gasteiger charge is 2.64. The number of alkyl halides is 3. The minimum atomic E-state index is -4.91. The Kier molecular flexibility index (Phi) is 5.34. The van der Waals surface area contributed by atoms with Gasteiger partial charge in [0.05, 0.1) is 0 Å². The summed E-state index contributed by atoms with van der Waals surface area (Å²) in [6.45, 7) is -1.10. The molecule has 0 radical (unpaired) electrons. The van der Waals surface area contributed by atoms with Crippen molar-refractivity contribution in [2.24, 2.45) is 5.41 Å². The SMILES string of the molecule is O=C(CCc1ccc(Cl)cc1Cl)N1CCC(C(=O)O)(C(F)(F)F)C1. The predicted molar refractivity (Wildman–Crippen MR) is 82.1 cm³/mol. The van der Waals surface area contributed by atoms with Gasteiger partial charge in [-0.25, -0.2) is 0 Å². The Labute approximate surface area is 146 Å². The minimum absolute atomic E-state index is 0.0606. The number of carboxylic acid groups (broad SMARTS) is 1. The highest BCUT2D eigenvalue weighted by molar-refractivity contribution is 6.35. The van der Waals surface area contributed by atoms with Crippen molar-refractivity contribution in [1.29, 1.82) is 0 Å². The van der Waals surface area contributed by atoms with Gasteiger partial charge in [0, 0.05) is 29.6 Å². The smallest absolute Gasteiger partial charge is 0.406 e. The summed E-state index contributed by atoms with van der Waals surface area (Å²) < 4.78 is 39.3. The van der Waals surface area contributed by atoms with Gasteiger partial charge in [0.2, 0.25) is 5.91 Å². The van der Waals surface area contributed by atoms with Gasteiger partial charge in [-0.1, -0.05) is 29.3 Å². The fraction of sp³-hybridized carbons (Fsp3) is 0.467.